The quantitative estimate of drug-likeness (QED) is 0.542. The molecule has 2 rings (SSSR count). The Balaban J connectivity index is 2.31. The lowest BCUT2D eigenvalue weighted by Crippen LogP contribution is -2.41. The second-order valence-electron chi connectivity index (χ2n) is 6.25. The molecule has 2 N–H and O–H groups in total. The number of carbonyl (C=O) groups is 2. The van der Waals surface area contributed by atoms with Gasteiger partial charge in [-0.25, -0.2) is 9.59 Å². The van der Waals surface area contributed by atoms with Crippen molar-refractivity contribution in [2.45, 2.75) is 25.9 Å². The predicted octanol–water partition coefficient (Wildman–Crippen LogP) is 3.19. The Hall–Kier alpha value is -3.28. The summed E-state index contributed by atoms with van der Waals surface area (Å²) in [5.74, 6) is -0.504. The van der Waals surface area contributed by atoms with E-state index >= 15 is 0 Å². The fourth-order valence-corrected chi connectivity index (χ4v) is 2.87. The molecule has 1 amide bonds. The van der Waals surface area contributed by atoms with Crippen LogP contribution in [0.1, 0.15) is 18.1 Å². The summed E-state index contributed by atoms with van der Waals surface area (Å²) in [4.78, 5) is 24.5. The van der Waals surface area contributed by atoms with E-state index < -0.39 is 18.1 Å². The first-order valence-electron chi connectivity index (χ1n) is 9.00. The zero-order chi connectivity index (χ0) is 20.4. The molecule has 6 heteroatoms. The Morgan fingerprint density at radius 3 is 2.00 bits per heavy atom. The van der Waals surface area contributed by atoms with Gasteiger partial charge in [0.15, 0.2) is 0 Å². The van der Waals surface area contributed by atoms with E-state index in [9.17, 15) is 9.59 Å². The molecular weight excluding hydrogens is 356 g/mol. The molecule has 0 aliphatic heterocycles. The maximum Gasteiger partial charge on any atom is 0.407 e. The third-order valence-corrected chi connectivity index (χ3v) is 4.32. The summed E-state index contributed by atoms with van der Waals surface area (Å²) in [6.07, 6.45) is -0.191. The Bertz CT molecular complexity index is 804. The smallest absolute Gasteiger partial charge is 0.407 e. The van der Waals surface area contributed by atoms with Crippen molar-refractivity contribution in [2.75, 3.05) is 14.2 Å². The number of allylic oxidation sites excluding steroid dienone is 1. The second kappa shape index (κ2) is 10.8. The number of carbonyl (C=O) groups excluding carboxylic acids is 2. The van der Waals surface area contributed by atoms with Gasteiger partial charge in [-0.05, 0) is 24.5 Å². The lowest BCUT2D eigenvalue weighted by Gasteiger charge is -2.23. The summed E-state index contributed by atoms with van der Waals surface area (Å²) < 4.78 is 9.74. The van der Waals surface area contributed by atoms with Crippen LogP contribution in [0, 0.1) is 0 Å². The highest BCUT2D eigenvalue weighted by molar-refractivity contribution is 5.91. The highest BCUT2D eigenvalue weighted by Crippen LogP contribution is 2.16. The molecule has 0 saturated heterocycles. The van der Waals surface area contributed by atoms with Gasteiger partial charge in [-0.1, -0.05) is 60.7 Å². The molecular formula is C22H26N2O4. The molecule has 2 aromatic carbocycles. The molecule has 0 spiro atoms. The van der Waals surface area contributed by atoms with E-state index in [1.54, 1.807) is 6.92 Å². The molecule has 0 radical (unpaired) electrons. The number of hydrogen-bond donors (Lipinski definition) is 2. The van der Waals surface area contributed by atoms with Gasteiger partial charge in [0.1, 0.15) is 0 Å². The fraction of sp³-hybridized carbons (Fsp3) is 0.273. The predicted molar refractivity (Wildman–Crippen MR) is 107 cm³/mol. The van der Waals surface area contributed by atoms with Crippen LogP contribution in [0.4, 0.5) is 4.79 Å². The maximum atomic E-state index is 12.6. The summed E-state index contributed by atoms with van der Waals surface area (Å²) in [6, 6.07) is 18.8. The monoisotopic (exact) mass is 382 g/mol. The topological polar surface area (TPSA) is 76.7 Å². The number of nitrogens with one attached hydrogen (secondary N) is 2. The molecule has 0 aliphatic carbocycles. The van der Waals surface area contributed by atoms with Gasteiger partial charge in [0.2, 0.25) is 0 Å². The molecule has 1 atom stereocenters. The average Bonchev–Trinajstić information content (AvgIpc) is 2.73. The molecule has 0 saturated carbocycles. The number of rotatable bonds is 8. The van der Waals surface area contributed by atoms with Crippen molar-refractivity contribution in [1.82, 2.24) is 10.6 Å². The Labute approximate surface area is 165 Å². The summed E-state index contributed by atoms with van der Waals surface area (Å²) in [5.41, 5.74) is 3.04. The fourth-order valence-electron chi connectivity index (χ4n) is 2.87. The second-order valence-corrected chi connectivity index (χ2v) is 6.25. The first kappa shape index (κ1) is 21.0. The van der Waals surface area contributed by atoms with E-state index in [1.807, 2.05) is 60.7 Å². The molecule has 0 bridgehead atoms. The van der Waals surface area contributed by atoms with Gasteiger partial charge in [0, 0.05) is 12.2 Å². The van der Waals surface area contributed by atoms with Gasteiger partial charge in [-0.2, -0.15) is 0 Å². The summed E-state index contributed by atoms with van der Waals surface area (Å²) in [6.45, 7) is 2.34. The first-order chi connectivity index (χ1) is 13.5. The van der Waals surface area contributed by atoms with E-state index in [0.717, 1.165) is 11.1 Å². The van der Waals surface area contributed by atoms with Crippen molar-refractivity contribution in [3.63, 3.8) is 0 Å². The SMILES string of the molecule is COC(=O)N[C@@H](Cc1ccccc1)/C(C(=O)OC)=C(\C)NCc1ccccc1. The molecule has 0 aliphatic rings. The number of esters is 1. The van der Waals surface area contributed by atoms with Gasteiger partial charge in [-0.15, -0.1) is 0 Å². The Morgan fingerprint density at radius 2 is 1.46 bits per heavy atom. The maximum absolute atomic E-state index is 12.6. The third-order valence-electron chi connectivity index (χ3n) is 4.32. The van der Waals surface area contributed by atoms with Crippen LogP contribution in [0.25, 0.3) is 0 Å². The molecule has 0 heterocycles. The highest BCUT2D eigenvalue weighted by Gasteiger charge is 2.27. The van der Waals surface area contributed by atoms with Crippen LogP contribution >= 0.6 is 0 Å². The zero-order valence-electron chi connectivity index (χ0n) is 16.4. The van der Waals surface area contributed by atoms with Crippen LogP contribution in [0.15, 0.2) is 71.9 Å². The third kappa shape index (κ3) is 6.16. The van der Waals surface area contributed by atoms with Crippen molar-refractivity contribution in [2.24, 2.45) is 0 Å². The summed E-state index contributed by atoms with van der Waals surface area (Å²) >= 11 is 0. The first-order valence-corrected chi connectivity index (χ1v) is 9.00. The van der Waals surface area contributed by atoms with E-state index in [-0.39, 0.29) is 0 Å². The van der Waals surface area contributed by atoms with Crippen LogP contribution in [0.5, 0.6) is 0 Å². The highest BCUT2D eigenvalue weighted by atomic mass is 16.5. The van der Waals surface area contributed by atoms with Crippen LogP contribution in [-0.4, -0.2) is 32.3 Å². The van der Waals surface area contributed by atoms with Crippen molar-refractivity contribution >= 4 is 12.1 Å². The molecule has 0 fully saturated rings. The normalized spacial score (nSPS) is 12.4. The van der Waals surface area contributed by atoms with Crippen LogP contribution < -0.4 is 10.6 Å². The minimum Gasteiger partial charge on any atom is -0.466 e. The summed E-state index contributed by atoms with van der Waals surface area (Å²) in [5, 5.41) is 6.01. The number of ether oxygens (including phenoxy) is 2. The van der Waals surface area contributed by atoms with Crippen molar-refractivity contribution in [3.05, 3.63) is 83.1 Å². The van der Waals surface area contributed by atoms with E-state index in [1.165, 1.54) is 14.2 Å². The molecule has 0 unspecified atom stereocenters. The van der Waals surface area contributed by atoms with Crippen LogP contribution in [0.2, 0.25) is 0 Å². The molecule has 6 nitrogen and oxygen atoms in total. The number of benzene rings is 2. The van der Waals surface area contributed by atoms with Crippen LogP contribution in [0.3, 0.4) is 0 Å². The van der Waals surface area contributed by atoms with Gasteiger partial charge in [-0.3, -0.25) is 0 Å². The van der Waals surface area contributed by atoms with E-state index in [4.69, 9.17) is 9.47 Å². The lowest BCUT2D eigenvalue weighted by atomic mass is 9.97. The summed E-state index contributed by atoms with van der Waals surface area (Å²) in [7, 11) is 2.61. The molecule has 0 aromatic heterocycles. The van der Waals surface area contributed by atoms with Gasteiger partial charge in [0.25, 0.3) is 0 Å². The lowest BCUT2D eigenvalue weighted by molar-refractivity contribution is -0.136. The van der Waals surface area contributed by atoms with Crippen molar-refractivity contribution in [1.29, 1.82) is 0 Å². The number of hydrogen-bond acceptors (Lipinski definition) is 5. The molecule has 28 heavy (non-hydrogen) atoms. The van der Waals surface area contributed by atoms with Gasteiger partial charge < -0.3 is 20.1 Å². The van der Waals surface area contributed by atoms with Gasteiger partial charge >= 0.3 is 12.1 Å². The minimum atomic E-state index is -0.613. The zero-order valence-corrected chi connectivity index (χ0v) is 16.4. The molecule has 2 aromatic rings. The Morgan fingerprint density at radius 1 is 0.893 bits per heavy atom. The van der Waals surface area contributed by atoms with E-state index in [0.29, 0.717) is 24.2 Å². The average molecular weight is 382 g/mol. The minimum absolute atomic E-state index is 0.354. The largest absolute Gasteiger partial charge is 0.466 e. The van der Waals surface area contributed by atoms with Crippen molar-refractivity contribution in [3.8, 4) is 0 Å². The number of methoxy groups -OCH3 is 2. The number of amides is 1. The van der Waals surface area contributed by atoms with Crippen LogP contribution in [-0.2, 0) is 27.2 Å². The Kier molecular flexibility index (Phi) is 8.09. The van der Waals surface area contributed by atoms with E-state index in [2.05, 4.69) is 10.6 Å². The van der Waals surface area contributed by atoms with Crippen molar-refractivity contribution < 1.29 is 19.1 Å². The standard InChI is InChI=1S/C22H26N2O4/c1-16(23-15-18-12-8-5-9-13-18)20(21(25)27-2)19(24-22(26)28-3)14-17-10-6-4-7-11-17/h4-13,19,23H,14-15H2,1-3H3,(H,24,26)/b20-16-/t19-/m0/s1. The number of alkyl carbamates (subject to hydrolysis) is 1. The molecule has 148 valence electrons. The van der Waals surface area contributed by atoms with Gasteiger partial charge in [0.05, 0.1) is 25.8 Å².